The SMILES string of the molecule is O=P([O-])([O-])C(O)P(=O)([O-])OCl.O=P([O-])([O-])C(O)P(=O)([O-])OCl.[Mn+2].[Mn+2].[Mn+2]. The van der Waals surface area contributed by atoms with Gasteiger partial charge < -0.3 is 57.8 Å². The molecule has 0 rings (SSSR count). The van der Waals surface area contributed by atoms with Crippen LogP contribution in [0.15, 0.2) is 0 Å². The first kappa shape index (κ1) is 38.3. The monoisotopic (exact) mass is 611 g/mol. The summed E-state index contributed by atoms with van der Waals surface area (Å²) in [4.78, 5) is 59.8. The largest absolute Gasteiger partial charge is 2.00 e. The third kappa shape index (κ3) is 15.2. The molecule has 151 valence electrons. The Morgan fingerprint density at radius 3 is 0.840 bits per heavy atom. The van der Waals surface area contributed by atoms with Crippen LogP contribution in [0.1, 0.15) is 0 Å². The fraction of sp³-hybridized carbons (Fsp3) is 1.00. The fourth-order valence-corrected chi connectivity index (χ4v) is 4.40. The average molecular weight is 612 g/mol. The number of hydrogen-bond acceptors (Lipinski definition) is 14. The zero-order valence-electron chi connectivity index (χ0n) is 10.6. The first-order chi connectivity index (χ1) is 9.43. The van der Waals surface area contributed by atoms with Gasteiger partial charge in [-0.3, -0.25) is 0 Å². The second kappa shape index (κ2) is 14.6. The van der Waals surface area contributed by atoms with Crippen LogP contribution in [0.4, 0.5) is 0 Å². The maximum atomic E-state index is 10.2. The average Bonchev–Trinajstić information content (AvgIpc) is 2.35. The number of aliphatic hydroxyl groups excluding tert-OH is 2. The molecular weight excluding hydrogens is 608 g/mol. The van der Waals surface area contributed by atoms with E-state index in [9.17, 15) is 47.6 Å². The molecule has 0 spiro atoms. The summed E-state index contributed by atoms with van der Waals surface area (Å²) < 4.78 is 46.2. The minimum Gasteiger partial charge on any atom is -0.809 e. The molecule has 0 aromatic rings. The number of rotatable bonds is 6. The fourth-order valence-electron chi connectivity index (χ4n) is 0.418. The molecule has 0 heterocycles. The molecule has 0 aliphatic carbocycles. The molecule has 0 fully saturated rings. The first-order valence-electron chi connectivity index (χ1n) is 4.05. The quantitative estimate of drug-likeness (QED) is 0.213. The van der Waals surface area contributed by atoms with Crippen LogP contribution in [-0.2, 0) is 77.6 Å². The molecule has 14 nitrogen and oxygen atoms in total. The van der Waals surface area contributed by atoms with Crippen molar-refractivity contribution in [2.45, 2.75) is 11.2 Å². The summed E-state index contributed by atoms with van der Waals surface area (Å²) in [6, 6.07) is 0. The number of hydrogen-bond donors (Lipinski definition) is 2. The second-order valence-corrected chi connectivity index (χ2v) is 11.2. The van der Waals surface area contributed by atoms with Gasteiger partial charge in [0.2, 0.25) is 0 Å². The predicted molar refractivity (Wildman–Crippen MR) is 56.3 cm³/mol. The summed E-state index contributed by atoms with van der Waals surface area (Å²) in [6.07, 6.45) is 0. The van der Waals surface area contributed by atoms with E-state index in [-0.39, 0.29) is 51.2 Å². The first-order valence-corrected chi connectivity index (χ1v) is 11.1. The molecule has 4 unspecified atom stereocenters. The van der Waals surface area contributed by atoms with E-state index in [1.54, 1.807) is 0 Å². The van der Waals surface area contributed by atoms with E-state index in [1.807, 2.05) is 0 Å². The van der Waals surface area contributed by atoms with E-state index in [0.717, 1.165) is 0 Å². The van der Waals surface area contributed by atoms with Crippen molar-refractivity contribution in [3.63, 3.8) is 0 Å². The Kier molecular flexibility index (Phi) is 22.4. The van der Waals surface area contributed by atoms with Gasteiger partial charge in [0, 0.05) is 0 Å². The minimum atomic E-state index is -5.62. The number of aliphatic hydroxyl groups is 2. The minimum absolute atomic E-state index is 0. The van der Waals surface area contributed by atoms with Gasteiger partial charge in [-0.05, 0) is 15.2 Å². The van der Waals surface area contributed by atoms with E-state index >= 15 is 0 Å². The molecule has 0 aliphatic rings. The molecule has 0 saturated carbocycles. The van der Waals surface area contributed by atoms with Crippen molar-refractivity contribution < 1.29 is 117 Å². The van der Waals surface area contributed by atoms with E-state index in [1.165, 1.54) is 0 Å². The van der Waals surface area contributed by atoms with Gasteiger partial charge in [0.1, 0.15) is 11.2 Å². The van der Waals surface area contributed by atoms with Gasteiger partial charge in [0.05, 0.1) is 23.7 Å². The van der Waals surface area contributed by atoms with Gasteiger partial charge in [-0.15, -0.1) is 0 Å². The molecular formula is C2H4Cl2Mn3O14P4. The summed E-state index contributed by atoms with van der Waals surface area (Å²) in [7, 11) is -21.7. The van der Waals surface area contributed by atoms with E-state index in [4.69, 9.17) is 10.2 Å². The van der Waals surface area contributed by atoms with Gasteiger partial charge in [-0.2, -0.15) is 0 Å². The van der Waals surface area contributed by atoms with Gasteiger partial charge in [0.15, 0.2) is 15.2 Å². The Labute approximate surface area is 181 Å². The Morgan fingerprint density at radius 1 is 0.640 bits per heavy atom. The summed E-state index contributed by atoms with van der Waals surface area (Å²) >= 11 is 8.52. The molecule has 0 aromatic heterocycles. The molecule has 0 bridgehead atoms. The maximum Gasteiger partial charge on any atom is 2.00 e. The summed E-state index contributed by atoms with van der Waals surface area (Å²) in [5.41, 5.74) is -6.26. The van der Waals surface area contributed by atoms with Crippen molar-refractivity contribution in [2.75, 3.05) is 0 Å². The molecule has 4 atom stereocenters. The van der Waals surface area contributed by atoms with Crippen molar-refractivity contribution in [3.8, 4) is 0 Å². The van der Waals surface area contributed by atoms with Crippen LogP contribution >= 0.6 is 54.1 Å². The van der Waals surface area contributed by atoms with Crippen molar-refractivity contribution in [1.82, 2.24) is 0 Å². The van der Waals surface area contributed by atoms with E-state index < -0.39 is 41.6 Å². The Hall–Kier alpha value is 2.66. The molecule has 0 amide bonds. The topological polar surface area (TPSA) is 266 Å². The predicted octanol–water partition coefficient (Wildman–Crippen LogP) is -4.21. The van der Waals surface area contributed by atoms with Gasteiger partial charge in [-0.25, -0.2) is 8.15 Å². The normalized spacial score (nSPS) is 18.3. The standard InChI is InChI=1S/2CH5ClO7P2.3Mn/c2*2-9-11(7,8)1(3)10(4,5)6;;;/h2*1,3H,(H,7,8)(H2,4,5,6);;;/q;;3*+2/p-6. The van der Waals surface area contributed by atoms with Gasteiger partial charge >= 0.3 is 51.2 Å². The zero-order chi connectivity index (χ0) is 18.6. The third-order valence-corrected chi connectivity index (χ3v) is 8.52. The molecule has 2 N–H and O–H groups in total. The maximum absolute atomic E-state index is 10.2. The van der Waals surface area contributed by atoms with Crippen LogP contribution < -0.4 is 29.4 Å². The molecule has 25 heavy (non-hydrogen) atoms. The molecule has 3 radical (unpaired) electrons. The van der Waals surface area contributed by atoms with Crippen molar-refractivity contribution in [2.24, 2.45) is 0 Å². The van der Waals surface area contributed by atoms with E-state index in [0.29, 0.717) is 0 Å². The zero-order valence-corrected chi connectivity index (χ0v) is 19.3. The van der Waals surface area contributed by atoms with Crippen LogP contribution in [-0.4, -0.2) is 21.4 Å². The van der Waals surface area contributed by atoms with Crippen LogP contribution in [0.2, 0.25) is 0 Å². The third-order valence-electron chi connectivity index (χ3n) is 1.32. The van der Waals surface area contributed by atoms with Gasteiger partial charge in [0.25, 0.3) is 0 Å². The summed E-state index contributed by atoms with van der Waals surface area (Å²) in [6.45, 7) is 0. The Morgan fingerprint density at radius 2 is 0.800 bits per heavy atom. The van der Waals surface area contributed by atoms with Gasteiger partial charge in [-0.1, -0.05) is 0 Å². The van der Waals surface area contributed by atoms with Crippen LogP contribution in [0.25, 0.3) is 0 Å². The second-order valence-electron chi connectivity index (χ2n) is 2.99. The van der Waals surface area contributed by atoms with Crippen molar-refractivity contribution in [3.05, 3.63) is 0 Å². The Balaban J connectivity index is -0.0000000952. The van der Waals surface area contributed by atoms with Crippen LogP contribution in [0.3, 0.4) is 0 Å². The summed E-state index contributed by atoms with van der Waals surface area (Å²) in [5.74, 6) is 0. The van der Waals surface area contributed by atoms with Crippen LogP contribution in [0.5, 0.6) is 0 Å². The Bertz CT molecular complexity index is 498. The smallest absolute Gasteiger partial charge is 0.809 e. The van der Waals surface area contributed by atoms with E-state index in [2.05, 4.69) is 31.9 Å². The van der Waals surface area contributed by atoms with Crippen molar-refractivity contribution >= 4 is 54.1 Å². The number of halogens is 2. The van der Waals surface area contributed by atoms with Crippen molar-refractivity contribution in [1.29, 1.82) is 0 Å². The van der Waals surface area contributed by atoms with Crippen LogP contribution in [0, 0.1) is 0 Å². The molecule has 0 aromatic carbocycles. The summed E-state index contributed by atoms with van der Waals surface area (Å²) in [5, 5.41) is 16.5. The molecule has 23 heteroatoms. The molecule has 0 aliphatic heterocycles. The molecule has 0 saturated heterocycles.